The highest BCUT2D eigenvalue weighted by molar-refractivity contribution is 5.76. The topological polar surface area (TPSA) is 66.6 Å². The van der Waals surface area contributed by atoms with E-state index in [1.807, 2.05) is 21.5 Å². The van der Waals surface area contributed by atoms with E-state index in [1.165, 1.54) is 18.4 Å². The first-order valence-corrected chi connectivity index (χ1v) is 11.5. The number of hydrogen-bond donors (Lipinski definition) is 0. The van der Waals surface area contributed by atoms with Crippen LogP contribution in [0.15, 0.2) is 42.5 Å². The van der Waals surface area contributed by atoms with Gasteiger partial charge in [0.2, 0.25) is 5.91 Å². The molecule has 0 aliphatic carbocycles. The van der Waals surface area contributed by atoms with E-state index < -0.39 is 0 Å². The summed E-state index contributed by atoms with van der Waals surface area (Å²) in [6.07, 6.45) is 6.72. The average Bonchev–Trinajstić information content (AvgIpc) is 3.48. The molecule has 2 saturated heterocycles. The van der Waals surface area contributed by atoms with Gasteiger partial charge >= 0.3 is 0 Å². The first-order chi connectivity index (χ1) is 15.3. The van der Waals surface area contributed by atoms with Crippen LogP contribution in [0, 0.1) is 5.92 Å². The van der Waals surface area contributed by atoms with Crippen molar-refractivity contribution in [2.45, 2.75) is 44.9 Å². The SMILES string of the molecule is O=C(CCc1nnc2ccc(N3CCCC3)nn12)N1CCC(Cc2ccccc2)CC1. The molecule has 7 nitrogen and oxygen atoms in total. The Hall–Kier alpha value is -2.96. The Bertz CT molecular complexity index is 1020. The van der Waals surface area contributed by atoms with Crippen molar-refractivity contribution in [1.29, 1.82) is 0 Å². The normalized spacial score (nSPS) is 17.5. The van der Waals surface area contributed by atoms with Crippen LogP contribution in [-0.2, 0) is 17.6 Å². The van der Waals surface area contributed by atoms with Crippen LogP contribution in [-0.4, -0.2) is 56.8 Å². The van der Waals surface area contributed by atoms with Crippen LogP contribution in [0.1, 0.15) is 43.5 Å². The van der Waals surface area contributed by atoms with E-state index in [1.54, 1.807) is 0 Å². The van der Waals surface area contributed by atoms with Gasteiger partial charge in [-0.15, -0.1) is 15.3 Å². The molecule has 0 saturated carbocycles. The third-order valence-corrected chi connectivity index (χ3v) is 6.64. The number of benzene rings is 1. The van der Waals surface area contributed by atoms with E-state index in [9.17, 15) is 4.79 Å². The van der Waals surface area contributed by atoms with Crippen LogP contribution in [0.4, 0.5) is 5.82 Å². The van der Waals surface area contributed by atoms with E-state index in [0.29, 0.717) is 18.8 Å². The van der Waals surface area contributed by atoms with Gasteiger partial charge in [0, 0.05) is 39.0 Å². The molecule has 1 amide bonds. The number of hydrogen-bond acceptors (Lipinski definition) is 5. The molecule has 0 atom stereocenters. The van der Waals surface area contributed by atoms with Gasteiger partial charge in [-0.2, -0.15) is 4.52 Å². The summed E-state index contributed by atoms with van der Waals surface area (Å²) in [5.41, 5.74) is 2.14. The number of amides is 1. The van der Waals surface area contributed by atoms with E-state index >= 15 is 0 Å². The zero-order valence-electron chi connectivity index (χ0n) is 18.0. The number of rotatable bonds is 6. The largest absolute Gasteiger partial charge is 0.355 e. The number of nitrogens with zero attached hydrogens (tertiary/aromatic N) is 6. The fraction of sp³-hybridized carbons (Fsp3) is 0.500. The Morgan fingerprint density at radius 3 is 2.48 bits per heavy atom. The lowest BCUT2D eigenvalue weighted by atomic mass is 9.90. The first-order valence-electron chi connectivity index (χ1n) is 11.5. The average molecular weight is 419 g/mol. The molecule has 4 heterocycles. The van der Waals surface area contributed by atoms with Gasteiger partial charge in [-0.25, -0.2) is 0 Å². The molecule has 0 unspecified atom stereocenters. The molecule has 0 N–H and O–H groups in total. The van der Waals surface area contributed by atoms with Gasteiger partial charge in [-0.1, -0.05) is 30.3 Å². The van der Waals surface area contributed by atoms with Crippen LogP contribution < -0.4 is 4.90 Å². The molecule has 31 heavy (non-hydrogen) atoms. The predicted molar refractivity (Wildman–Crippen MR) is 120 cm³/mol. The zero-order valence-corrected chi connectivity index (χ0v) is 18.0. The highest BCUT2D eigenvalue weighted by Gasteiger charge is 2.23. The lowest BCUT2D eigenvalue weighted by Gasteiger charge is -2.32. The first kappa shape index (κ1) is 20.0. The quantitative estimate of drug-likeness (QED) is 0.615. The van der Waals surface area contributed by atoms with Crippen molar-refractivity contribution in [2.75, 3.05) is 31.1 Å². The molecule has 1 aromatic carbocycles. The Kier molecular flexibility index (Phi) is 5.82. The van der Waals surface area contributed by atoms with Crippen LogP contribution in [0.3, 0.4) is 0 Å². The Morgan fingerprint density at radius 1 is 0.935 bits per heavy atom. The van der Waals surface area contributed by atoms with E-state index in [2.05, 4.69) is 45.4 Å². The second-order valence-corrected chi connectivity index (χ2v) is 8.79. The lowest BCUT2D eigenvalue weighted by molar-refractivity contribution is -0.132. The van der Waals surface area contributed by atoms with Crippen molar-refractivity contribution < 1.29 is 4.79 Å². The molecule has 2 fully saturated rings. The summed E-state index contributed by atoms with van der Waals surface area (Å²) in [5, 5.41) is 13.3. The number of anilines is 1. The number of piperidine rings is 1. The van der Waals surface area contributed by atoms with Crippen molar-refractivity contribution in [3.63, 3.8) is 0 Å². The standard InChI is InChI=1S/C24H30N6O/c31-24(29-16-12-20(13-17-29)18-19-6-2-1-3-7-19)11-10-22-26-25-21-8-9-23(27-30(21)22)28-14-4-5-15-28/h1-3,6-9,20H,4-5,10-18H2. The summed E-state index contributed by atoms with van der Waals surface area (Å²) in [6.45, 7) is 3.81. The molecule has 3 aromatic rings. The van der Waals surface area contributed by atoms with Crippen LogP contribution in [0.2, 0.25) is 0 Å². The maximum Gasteiger partial charge on any atom is 0.223 e. The Morgan fingerprint density at radius 2 is 1.71 bits per heavy atom. The molecular formula is C24H30N6O. The number of fused-ring (bicyclic) bond motifs is 1. The molecular weight excluding hydrogens is 388 g/mol. The van der Waals surface area contributed by atoms with Crippen LogP contribution in [0.25, 0.3) is 5.65 Å². The molecule has 7 heteroatoms. The van der Waals surface area contributed by atoms with Crippen molar-refractivity contribution in [2.24, 2.45) is 5.92 Å². The summed E-state index contributed by atoms with van der Waals surface area (Å²) in [4.78, 5) is 17.1. The highest BCUT2D eigenvalue weighted by atomic mass is 16.2. The molecule has 0 spiro atoms. The summed E-state index contributed by atoms with van der Waals surface area (Å²) in [6, 6.07) is 14.6. The number of aromatic nitrogens is 4. The second kappa shape index (κ2) is 9.04. The summed E-state index contributed by atoms with van der Waals surface area (Å²) >= 11 is 0. The summed E-state index contributed by atoms with van der Waals surface area (Å²) in [5.74, 6) is 2.62. The van der Waals surface area contributed by atoms with Gasteiger partial charge in [0.25, 0.3) is 0 Å². The molecule has 162 valence electrons. The van der Waals surface area contributed by atoms with Gasteiger partial charge in [0.1, 0.15) is 5.82 Å². The molecule has 0 radical (unpaired) electrons. The number of aryl methyl sites for hydroxylation is 1. The molecule has 2 aromatic heterocycles. The van der Waals surface area contributed by atoms with Crippen molar-refractivity contribution in [3.8, 4) is 0 Å². The smallest absolute Gasteiger partial charge is 0.223 e. The minimum Gasteiger partial charge on any atom is -0.355 e. The third-order valence-electron chi connectivity index (χ3n) is 6.64. The van der Waals surface area contributed by atoms with Gasteiger partial charge in [-0.05, 0) is 55.7 Å². The summed E-state index contributed by atoms with van der Waals surface area (Å²) in [7, 11) is 0. The zero-order chi connectivity index (χ0) is 21.0. The van der Waals surface area contributed by atoms with Crippen LogP contribution in [0.5, 0.6) is 0 Å². The minimum atomic E-state index is 0.214. The van der Waals surface area contributed by atoms with Crippen molar-refractivity contribution in [3.05, 3.63) is 53.9 Å². The molecule has 0 bridgehead atoms. The van der Waals surface area contributed by atoms with E-state index in [0.717, 1.165) is 62.7 Å². The van der Waals surface area contributed by atoms with Crippen molar-refractivity contribution in [1.82, 2.24) is 24.7 Å². The molecule has 2 aliphatic rings. The maximum absolute atomic E-state index is 12.8. The van der Waals surface area contributed by atoms with Crippen molar-refractivity contribution >= 4 is 17.4 Å². The summed E-state index contributed by atoms with van der Waals surface area (Å²) < 4.78 is 1.81. The van der Waals surface area contributed by atoms with Gasteiger partial charge in [0.05, 0.1) is 0 Å². The fourth-order valence-corrected chi connectivity index (χ4v) is 4.81. The monoisotopic (exact) mass is 418 g/mol. The number of carbonyl (C=O) groups excluding carboxylic acids is 1. The van der Waals surface area contributed by atoms with Gasteiger partial charge < -0.3 is 9.80 Å². The van der Waals surface area contributed by atoms with Gasteiger partial charge in [-0.3, -0.25) is 4.79 Å². The second-order valence-electron chi connectivity index (χ2n) is 8.79. The van der Waals surface area contributed by atoms with E-state index in [4.69, 9.17) is 5.10 Å². The predicted octanol–water partition coefficient (Wildman–Crippen LogP) is 3.14. The Balaban J connectivity index is 1.15. The number of likely N-dealkylation sites (tertiary alicyclic amines) is 1. The fourth-order valence-electron chi connectivity index (χ4n) is 4.81. The highest BCUT2D eigenvalue weighted by Crippen LogP contribution is 2.23. The third kappa shape index (κ3) is 4.55. The molecule has 2 aliphatic heterocycles. The van der Waals surface area contributed by atoms with E-state index in [-0.39, 0.29) is 5.91 Å². The number of carbonyl (C=O) groups is 1. The minimum absolute atomic E-state index is 0.214. The lowest BCUT2D eigenvalue weighted by Crippen LogP contribution is -2.39. The van der Waals surface area contributed by atoms with Crippen LogP contribution >= 0.6 is 0 Å². The molecule has 5 rings (SSSR count). The maximum atomic E-state index is 12.8. The van der Waals surface area contributed by atoms with Gasteiger partial charge in [0.15, 0.2) is 11.5 Å². The Labute approximate surface area is 183 Å².